The molecule has 4 rings (SSSR count). The minimum Gasteiger partial charge on any atom is -0.369 e. The van der Waals surface area contributed by atoms with E-state index in [0.29, 0.717) is 16.5 Å². The minimum atomic E-state index is -0.393. The molecule has 0 saturated carbocycles. The average Bonchev–Trinajstić information content (AvgIpc) is 3.07. The van der Waals surface area contributed by atoms with Gasteiger partial charge in [0.15, 0.2) is 0 Å². The van der Waals surface area contributed by atoms with Crippen molar-refractivity contribution in [3.05, 3.63) is 46.5 Å². The van der Waals surface area contributed by atoms with E-state index in [2.05, 4.69) is 25.3 Å². The zero-order valence-electron chi connectivity index (χ0n) is 15.1. The van der Waals surface area contributed by atoms with Crippen LogP contribution in [0.4, 0.5) is 11.4 Å². The summed E-state index contributed by atoms with van der Waals surface area (Å²) in [6.07, 6.45) is 0. The molecule has 1 N–H and O–H groups in total. The van der Waals surface area contributed by atoms with Crippen molar-refractivity contribution in [2.24, 2.45) is 0 Å². The summed E-state index contributed by atoms with van der Waals surface area (Å²) in [6, 6.07) is 7.45. The lowest BCUT2D eigenvalue weighted by Crippen LogP contribution is -2.32. The molecule has 1 fully saturated rings. The second kappa shape index (κ2) is 7.36. The number of fused-ring (bicyclic) bond motifs is 1. The predicted octanol–water partition coefficient (Wildman–Crippen LogP) is 3.20. The number of carbonyl (C=O) groups is 1. The quantitative estimate of drug-likeness (QED) is 0.725. The van der Waals surface area contributed by atoms with Crippen LogP contribution in [0.1, 0.15) is 22.0 Å². The van der Waals surface area contributed by atoms with Crippen LogP contribution in [0.15, 0.2) is 24.3 Å². The van der Waals surface area contributed by atoms with Gasteiger partial charge in [-0.2, -0.15) is 16.7 Å². The molecule has 0 unspecified atom stereocenters. The molecule has 0 spiro atoms. The second-order valence-corrected chi connectivity index (χ2v) is 8.04. The lowest BCUT2D eigenvalue weighted by atomic mass is 10.2. The van der Waals surface area contributed by atoms with Crippen LogP contribution in [0.25, 0.3) is 5.78 Å². The Labute approximate surface area is 166 Å². The van der Waals surface area contributed by atoms with Gasteiger partial charge in [0.2, 0.25) is 5.82 Å². The van der Waals surface area contributed by atoms with E-state index >= 15 is 0 Å². The summed E-state index contributed by atoms with van der Waals surface area (Å²) in [7, 11) is 0. The molecule has 1 aromatic carbocycles. The Morgan fingerprint density at radius 2 is 1.96 bits per heavy atom. The number of aryl methyl sites for hydroxylation is 2. The van der Waals surface area contributed by atoms with Gasteiger partial charge in [0.1, 0.15) is 0 Å². The maximum Gasteiger partial charge on any atom is 0.295 e. The number of anilines is 2. The fourth-order valence-corrected chi connectivity index (χ4v) is 4.30. The zero-order valence-corrected chi connectivity index (χ0v) is 16.6. The van der Waals surface area contributed by atoms with E-state index in [-0.39, 0.29) is 5.82 Å². The number of hydrogen-bond acceptors (Lipinski definition) is 6. The van der Waals surface area contributed by atoms with E-state index in [1.165, 1.54) is 0 Å². The SMILES string of the molecule is Cc1cc(C)n2nc(C(=O)Nc3ccc(N4CCSCC4)c(Cl)c3)nc2n1. The summed E-state index contributed by atoms with van der Waals surface area (Å²) in [5, 5.41) is 7.68. The van der Waals surface area contributed by atoms with Gasteiger partial charge in [-0.25, -0.2) is 9.50 Å². The Balaban J connectivity index is 1.54. The average molecular weight is 403 g/mol. The zero-order chi connectivity index (χ0) is 19.0. The Hall–Kier alpha value is -2.32. The summed E-state index contributed by atoms with van der Waals surface area (Å²) < 4.78 is 1.56. The van der Waals surface area contributed by atoms with Gasteiger partial charge in [-0.1, -0.05) is 11.6 Å². The minimum absolute atomic E-state index is 0.0736. The van der Waals surface area contributed by atoms with Gasteiger partial charge < -0.3 is 10.2 Å². The first-order valence-corrected chi connectivity index (χ1v) is 10.2. The molecule has 3 heterocycles. The maximum absolute atomic E-state index is 12.5. The first-order valence-electron chi connectivity index (χ1n) is 8.66. The number of aromatic nitrogens is 4. The van der Waals surface area contributed by atoms with Gasteiger partial charge in [-0.15, -0.1) is 5.10 Å². The molecule has 9 heteroatoms. The van der Waals surface area contributed by atoms with E-state index < -0.39 is 5.91 Å². The highest BCUT2D eigenvalue weighted by Gasteiger charge is 2.17. The third-order valence-corrected chi connectivity index (χ3v) is 5.62. The molecule has 1 aliphatic rings. The van der Waals surface area contributed by atoms with Crippen molar-refractivity contribution in [1.29, 1.82) is 0 Å². The molecule has 1 saturated heterocycles. The number of halogens is 1. The number of rotatable bonds is 3. The summed E-state index contributed by atoms with van der Waals surface area (Å²) >= 11 is 8.40. The predicted molar refractivity (Wildman–Crippen MR) is 109 cm³/mol. The van der Waals surface area contributed by atoms with Crippen LogP contribution in [0, 0.1) is 13.8 Å². The number of carbonyl (C=O) groups excluding carboxylic acids is 1. The van der Waals surface area contributed by atoms with Crippen LogP contribution >= 0.6 is 23.4 Å². The maximum atomic E-state index is 12.5. The first-order chi connectivity index (χ1) is 13.0. The van der Waals surface area contributed by atoms with E-state index in [1.54, 1.807) is 10.6 Å². The first kappa shape index (κ1) is 18.1. The van der Waals surface area contributed by atoms with Crippen LogP contribution < -0.4 is 10.2 Å². The summed E-state index contributed by atoms with van der Waals surface area (Å²) in [4.78, 5) is 23.3. The van der Waals surface area contributed by atoms with Crippen molar-refractivity contribution in [1.82, 2.24) is 19.6 Å². The topological polar surface area (TPSA) is 75.4 Å². The molecule has 1 aliphatic heterocycles. The molecule has 0 radical (unpaired) electrons. The summed E-state index contributed by atoms with van der Waals surface area (Å²) in [6.45, 7) is 5.74. The molecular formula is C18H19ClN6OS. The monoisotopic (exact) mass is 402 g/mol. The van der Waals surface area contributed by atoms with Crippen LogP contribution in [-0.4, -0.2) is 50.1 Å². The number of hydrogen-bond donors (Lipinski definition) is 1. The van der Waals surface area contributed by atoms with Gasteiger partial charge in [0.05, 0.1) is 10.7 Å². The number of thioether (sulfide) groups is 1. The van der Waals surface area contributed by atoms with Gasteiger partial charge in [-0.05, 0) is 38.1 Å². The van der Waals surface area contributed by atoms with Crippen molar-refractivity contribution in [2.45, 2.75) is 13.8 Å². The highest BCUT2D eigenvalue weighted by molar-refractivity contribution is 7.99. The summed E-state index contributed by atoms with van der Waals surface area (Å²) in [5.74, 6) is 2.29. The van der Waals surface area contributed by atoms with Crippen molar-refractivity contribution in [2.75, 3.05) is 34.8 Å². The van der Waals surface area contributed by atoms with Crippen molar-refractivity contribution >= 4 is 46.4 Å². The van der Waals surface area contributed by atoms with Gasteiger partial charge in [-0.3, -0.25) is 4.79 Å². The molecule has 0 bridgehead atoms. The van der Waals surface area contributed by atoms with Crippen LogP contribution in [0.3, 0.4) is 0 Å². The smallest absolute Gasteiger partial charge is 0.295 e. The molecule has 2 aromatic heterocycles. The van der Waals surface area contributed by atoms with Gasteiger partial charge >= 0.3 is 0 Å². The Bertz CT molecular complexity index is 1010. The molecular weight excluding hydrogens is 384 g/mol. The highest BCUT2D eigenvalue weighted by atomic mass is 35.5. The third kappa shape index (κ3) is 3.72. The Morgan fingerprint density at radius 3 is 2.70 bits per heavy atom. The number of nitrogens with one attached hydrogen (secondary N) is 1. The van der Waals surface area contributed by atoms with E-state index in [1.807, 2.05) is 43.8 Å². The van der Waals surface area contributed by atoms with Gasteiger partial charge in [0.25, 0.3) is 11.7 Å². The standard InChI is InChI=1S/C18H19ClN6OS/c1-11-9-12(2)25-18(20-11)22-16(23-25)17(26)21-13-3-4-15(14(19)10-13)24-5-7-27-8-6-24/h3-4,9-10H,5-8H2,1-2H3,(H,21,26). The Kier molecular flexibility index (Phi) is 4.92. The fourth-order valence-electron chi connectivity index (χ4n) is 3.09. The molecule has 27 heavy (non-hydrogen) atoms. The van der Waals surface area contributed by atoms with E-state index in [9.17, 15) is 4.79 Å². The van der Waals surface area contributed by atoms with Crippen LogP contribution in [-0.2, 0) is 0 Å². The molecule has 0 aliphatic carbocycles. The Morgan fingerprint density at radius 1 is 1.19 bits per heavy atom. The third-order valence-electron chi connectivity index (χ3n) is 4.38. The van der Waals surface area contributed by atoms with Crippen LogP contribution in [0.5, 0.6) is 0 Å². The van der Waals surface area contributed by atoms with E-state index in [4.69, 9.17) is 11.6 Å². The number of amides is 1. The number of benzene rings is 1. The van der Waals surface area contributed by atoms with E-state index in [0.717, 1.165) is 41.7 Å². The lowest BCUT2D eigenvalue weighted by molar-refractivity contribution is 0.101. The highest BCUT2D eigenvalue weighted by Crippen LogP contribution is 2.30. The normalized spacial score (nSPS) is 14.6. The summed E-state index contributed by atoms with van der Waals surface area (Å²) in [5.41, 5.74) is 3.31. The second-order valence-electron chi connectivity index (χ2n) is 6.41. The number of nitrogens with zero attached hydrogens (tertiary/aromatic N) is 5. The molecule has 1 amide bonds. The van der Waals surface area contributed by atoms with Crippen molar-refractivity contribution < 1.29 is 4.79 Å². The largest absolute Gasteiger partial charge is 0.369 e. The molecule has 140 valence electrons. The van der Waals surface area contributed by atoms with Crippen molar-refractivity contribution in [3.8, 4) is 0 Å². The molecule has 0 atom stereocenters. The van der Waals surface area contributed by atoms with Gasteiger partial charge in [0, 0.05) is 41.7 Å². The van der Waals surface area contributed by atoms with Crippen LogP contribution in [0.2, 0.25) is 5.02 Å². The molecule has 3 aromatic rings. The lowest BCUT2D eigenvalue weighted by Gasteiger charge is -2.29. The molecule has 7 nitrogen and oxygen atoms in total. The fraction of sp³-hybridized carbons (Fsp3) is 0.333. The van der Waals surface area contributed by atoms with Crippen molar-refractivity contribution in [3.63, 3.8) is 0 Å².